The monoisotopic (exact) mass is 397 g/mol. The zero-order chi connectivity index (χ0) is 20.1. The van der Waals surface area contributed by atoms with Crippen molar-refractivity contribution >= 4 is 29.2 Å². The highest BCUT2D eigenvalue weighted by Gasteiger charge is 2.26. The summed E-state index contributed by atoms with van der Waals surface area (Å²) in [5, 5.41) is 10.8. The summed E-state index contributed by atoms with van der Waals surface area (Å²) in [6.45, 7) is 1.92. The van der Waals surface area contributed by atoms with E-state index < -0.39 is 10.9 Å². The summed E-state index contributed by atoms with van der Waals surface area (Å²) in [6.07, 6.45) is 2.30. The molecule has 0 bridgehead atoms. The van der Waals surface area contributed by atoms with Crippen LogP contribution in [0.1, 0.15) is 24.5 Å². The first-order chi connectivity index (χ1) is 13.5. The summed E-state index contributed by atoms with van der Waals surface area (Å²) in [7, 11) is 0. The minimum absolute atomic E-state index is 0.0169. The van der Waals surface area contributed by atoms with E-state index in [9.17, 15) is 14.9 Å². The van der Waals surface area contributed by atoms with Crippen LogP contribution in [-0.2, 0) is 20.9 Å². The van der Waals surface area contributed by atoms with Gasteiger partial charge >= 0.3 is 5.97 Å². The number of carbonyl (C=O) groups is 1. The molecule has 0 aromatic heterocycles. The number of thioether (sulfide) groups is 1. The molecule has 0 radical (unpaired) electrons. The molecule has 0 saturated heterocycles. The maximum atomic E-state index is 12.5. The van der Waals surface area contributed by atoms with E-state index in [1.54, 1.807) is 19.1 Å². The molecule has 0 saturated carbocycles. The lowest BCUT2D eigenvalue weighted by atomic mass is 10.0. The van der Waals surface area contributed by atoms with Crippen molar-refractivity contribution in [1.82, 2.24) is 0 Å². The summed E-state index contributed by atoms with van der Waals surface area (Å²) >= 11 is 1.48. The number of benzene rings is 2. The number of nitrogens with zero attached hydrogens (tertiary/aromatic N) is 1. The van der Waals surface area contributed by atoms with Gasteiger partial charge in [0.25, 0.3) is 5.69 Å². The molecule has 7 heteroatoms. The second-order valence-corrected chi connectivity index (χ2v) is 7.04. The Morgan fingerprint density at radius 1 is 1.18 bits per heavy atom. The van der Waals surface area contributed by atoms with Gasteiger partial charge in [-0.15, -0.1) is 11.8 Å². The van der Waals surface area contributed by atoms with Crippen LogP contribution in [0, 0.1) is 10.1 Å². The number of rotatable bonds is 6. The molecular formula is C21H19NO5S. The maximum Gasteiger partial charge on any atom is 0.338 e. The third-order valence-electron chi connectivity index (χ3n) is 4.32. The summed E-state index contributed by atoms with van der Waals surface area (Å²) in [5.74, 6) is 0.680. The lowest BCUT2D eigenvalue weighted by molar-refractivity contribution is -0.384. The van der Waals surface area contributed by atoms with Crippen LogP contribution in [0.25, 0.3) is 5.76 Å². The molecule has 28 heavy (non-hydrogen) atoms. The van der Waals surface area contributed by atoms with Crippen LogP contribution >= 0.6 is 11.8 Å². The van der Waals surface area contributed by atoms with Gasteiger partial charge in [-0.1, -0.05) is 30.3 Å². The van der Waals surface area contributed by atoms with E-state index in [1.807, 2.05) is 36.6 Å². The van der Waals surface area contributed by atoms with E-state index in [1.165, 1.54) is 23.9 Å². The van der Waals surface area contributed by atoms with Crippen LogP contribution < -0.4 is 0 Å². The molecule has 2 aromatic rings. The van der Waals surface area contributed by atoms with Gasteiger partial charge in [0.1, 0.15) is 18.1 Å². The van der Waals surface area contributed by atoms with Crippen LogP contribution in [0.5, 0.6) is 0 Å². The summed E-state index contributed by atoms with van der Waals surface area (Å²) in [4.78, 5) is 23.8. The van der Waals surface area contributed by atoms with Crippen LogP contribution in [0.4, 0.5) is 5.69 Å². The van der Waals surface area contributed by atoms with E-state index in [4.69, 9.17) is 9.47 Å². The van der Waals surface area contributed by atoms with Gasteiger partial charge in [-0.3, -0.25) is 10.1 Å². The van der Waals surface area contributed by atoms with Gasteiger partial charge in [-0.25, -0.2) is 4.79 Å². The molecule has 6 nitrogen and oxygen atoms in total. The van der Waals surface area contributed by atoms with Gasteiger partial charge in [0.05, 0.1) is 10.5 Å². The molecule has 1 heterocycles. The quantitative estimate of drug-likeness (QED) is 0.385. The van der Waals surface area contributed by atoms with Crippen LogP contribution in [-0.4, -0.2) is 17.1 Å². The third-order valence-corrected chi connectivity index (χ3v) is 5.14. The molecule has 0 spiro atoms. The Labute approximate surface area is 167 Å². The minimum atomic E-state index is -0.443. The summed E-state index contributed by atoms with van der Waals surface area (Å²) in [5.41, 5.74) is 2.14. The predicted molar refractivity (Wildman–Crippen MR) is 108 cm³/mol. The second kappa shape index (κ2) is 8.75. The first-order valence-corrected chi connectivity index (χ1v) is 9.82. The summed E-state index contributed by atoms with van der Waals surface area (Å²) < 4.78 is 11.4. The van der Waals surface area contributed by atoms with Gasteiger partial charge < -0.3 is 9.47 Å². The number of hydrogen-bond acceptors (Lipinski definition) is 6. The Bertz CT molecular complexity index is 949. The smallest absolute Gasteiger partial charge is 0.338 e. The average Bonchev–Trinajstić information content (AvgIpc) is 2.72. The lowest BCUT2D eigenvalue weighted by Crippen LogP contribution is -2.15. The third kappa shape index (κ3) is 4.43. The fourth-order valence-corrected chi connectivity index (χ4v) is 3.42. The van der Waals surface area contributed by atoms with Crippen LogP contribution in [0.3, 0.4) is 0 Å². The first kappa shape index (κ1) is 19.7. The van der Waals surface area contributed by atoms with Gasteiger partial charge in [0.15, 0.2) is 0 Å². The van der Waals surface area contributed by atoms with Crippen LogP contribution in [0.2, 0.25) is 0 Å². The molecule has 3 rings (SSSR count). The molecular weight excluding hydrogens is 378 g/mol. The Morgan fingerprint density at radius 3 is 2.46 bits per heavy atom. The molecule has 144 valence electrons. The topological polar surface area (TPSA) is 78.7 Å². The average molecular weight is 397 g/mol. The molecule has 0 atom stereocenters. The Hall–Kier alpha value is -3.06. The SMILES string of the molecule is CSC1=C(c2ccc([N+](=O)[O-])cc2)OC(C)=C(C(=O)OCc2ccccc2)C1. The standard InChI is InChI=1S/C21H19NO5S/c1-14-18(21(23)26-13-15-6-4-3-5-7-15)12-19(28-2)20(27-14)16-8-10-17(11-9-16)22(24)25/h3-11H,12-13H2,1-2H3. The molecule has 0 fully saturated rings. The van der Waals surface area contributed by atoms with Crippen LogP contribution in [0.15, 0.2) is 70.8 Å². The van der Waals surface area contributed by atoms with Crippen molar-refractivity contribution in [2.75, 3.05) is 6.26 Å². The Kier molecular flexibility index (Phi) is 6.16. The summed E-state index contributed by atoms with van der Waals surface area (Å²) in [6, 6.07) is 15.6. The van der Waals surface area contributed by atoms with Crippen molar-refractivity contribution in [1.29, 1.82) is 0 Å². The van der Waals surface area contributed by atoms with E-state index in [2.05, 4.69) is 0 Å². The van der Waals surface area contributed by atoms with Crippen molar-refractivity contribution < 1.29 is 19.2 Å². The number of nitro groups is 1. The van der Waals surface area contributed by atoms with Crippen molar-refractivity contribution in [3.63, 3.8) is 0 Å². The van der Waals surface area contributed by atoms with Gasteiger partial charge in [0.2, 0.25) is 0 Å². The fraction of sp³-hybridized carbons (Fsp3) is 0.190. The predicted octanol–water partition coefficient (Wildman–Crippen LogP) is 5.06. The van der Waals surface area contributed by atoms with Crippen molar-refractivity contribution in [2.24, 2.45) is 0 Å². The van der Waals surface area contributed by atoms with E-state index in [-0.39, 0.29) is 12.3 Å². The highest BCUT2D eigenvalue weighted by atomic mass is 32.2. The number of nitro benzene ring substituents is 1. The van der Waals surface area contributed by atoms with E-state index in [0.29, 0.717) is 23.5 Å². The van der Waals surface area contributed by atoms with Gasteiger partial charge in [-0.05, 0) is 30.9 Å². The molecule has 0 unspecified atom stereocenters. The minimum Gasteiger partial charge on any atom is -0.460 e. The second-order valence-electron chi connectivity index (χ2n) is 6.14. The lowest BCUT2D eigenvalue weighted by Gasteiger charge is -2.23. The van der Waals surface area contributed by atoms with E-state index in [0.717, 1.165) is 16.0 Å². The largest absolute Gasteiger partial charge is 0.460 e. The van der Waals surface area contributed by atoms with Gasteiger partial charge in [0, 0.05) is 29.0 Å². The van der Waals surface area contributed by atoms with Crippen molar-refractivity contribution in [3.8, 4) is 0 Å². The maximum absolute atomic E-state index is 12.5. The fourth-order valence-electron chi connectivity index (χ4n) is 2.78. The van der Waals surface area contributed by atoms with Gasteiger partial charge in [-0.2, -0.15) is 0 Å². The number of ether oxygens (including phenoxy) is 2. The Balaban J connectivity index is 1.76. The van der Waals surface area contributed by atoms with Crippen molar-refractivity contribution in [2.45, 2.75) is 20.0 Å². The highest BCUT2D eigenvalue weighted by molar-refractivity contribution is 8.02. The zero-order valence-electron chi connectivity index (χ0n) is 15.5. The zero-order valence-corrected chi connectivity index (χ0v) is 16.3. The number of esters is 1. The number of allylic oxidation sites excluding steroid dienone is 2. The molecule has 0 N–H and O–H groups in total. The molecule has 1 aliphatic rings. The first-order valence-electron chi connectivity index (χ1n) is 8.60. The van der Waals surface area contributed by atoms with Crippen molar-refractivity contribution in [3.05, 3.63) is 92.1 Å². The van der Waals surface area contributed by atoms with E-state index >= 15 is 0 Å². The number of carbonyl (C=O) groups excluding carboxylic acids is 1. The number of hydrogen-bond donors (Lipinski definition) is 0. The Morgan fingerprint density at radius 2 is 1.86 bits per heavy atom. The highest BCUT2D eigenvalue weighted by Crippen LogP contribution is 2.39. The molecule has 0 amide bonds. The molecule has 2 aromatic carbocycles. The molecule has 0 aliphatic carbocycles. The number of non-ortho nitro benzene ring substituents is 1. The normalized spacial score (nSPS) is 13.9. The molecule has 1 aliphatic heterocycles.